The Bertz CT molecular complexity index is 952. The molecule has 0 spiro atoms. The van der Waals surface area contributed by atoms with Crippen LogP contribution >= 0.6 is 0 Å². The average Bonchev–Trinajstić information content (AvgIpc) is 2.63. The van der Waals surface area contributed by atoms with Crippen LogP contribution in [0.2, 0.25) is 0 Å². The highest BCUT2D eigenvalue weighted by molar-refractivity contribution is 6.04. The maximum absolute atomic E-state index is 13.0. The summed E-state index contributed by atoms with van der Waals surface area (Å²) in [5.74, 6) is -0.205. The van der Waals surface area contributed by atoms with Crippen LogP contribution in [0.15, 0.2) is 29.1 Å². The summed E-state index contributed by atoms with van der Waals surface area (Å²) < 4.78 is 1.21. The first-order valence-electron chi connectivity index (χ1n) is 9.44. The van der Waals surface area contributed by atoms with Crippen LogP contribution in [0, 0.1) is 0 Å². The standard InChI is InChI=1S/C20H27N5O3/c1-20(2,3)21-16(26)13-24-9-11-25(12-10-24)19(28)17-14-7-5-6-8-15(14)18(27)23(4)22-17/h5-8H,9-13H2,1-4H3,(H,21,26). The second kappa shape index (κ2) is 7.71. The molecule has 3 rings (SSSR count). The van der Waals surface area contributed by atoms with E-state index in [0.29, 0.717) is 43.5 Å². The monoisotopic (exact) mass is 385 g/mol. The number of carbonyl (C=O) groups is 2. The van der Waals surface area contributed by atoms with Gasteiger partial charge in [0, 0.05) is 44.2 Å². The van der Waals surface area contributed by atoms with Crippen molar-refractivity contribution in [2.24, 2.45) is 7.05 Å². The van der Waals surface area contributed by atoms with Gasteiger partial charge in [0.15, 0.2) is 5.69 Å². The van der Waals surface area contributed by atoms with Crippen LogP contribution in [0.4, 0.5) is 0 Å². The van der Waals surface area contributed by atoms with Crippen LogP contribution < -0.4 is 10.9 Å². The van der Waals surface area contributed by atoms with Gasteiger partial charge in [-0.15, -0.1) is 0 Å². The molecule has 0 bridgehead atoms. The number of aromatic nitrogens is 2. The van der Waals surface area contributed by atoms with Gasteiger partial charge >= 0.3 is 0 Å². The van der Waals surface area contributed by atoms with Crippen molar-refractivity contribution < 1.29 is 9.59 Å². The molecule has 0 aliphatic carbocycles. The zero-order valence-corrected chi connectivity index (χ0v) is 16.9. The van der Waals surface area contributed by atoms with E-state index in [4.69, 9.17) is 0 Å². The Kier molecular flexibility index (Phi) is 5.51. The van der Waals surface area contributed by atoms with E-state index < -0.39 is 0 Å². The minimum Gasteiger partial charge on any atom is -0.350 e. The highest BCUT2D eigenvalue weighted by Gasteiger charge is 2.26. The van der Waals surface area contributed by atoms with Gasteiger partial charge in [-0.3, -0.25) is 19.3 Å². The number of carbonyl (C=O) groups excluding carboxylic acids is 2. The third-order valence-corrected chi connectivity index (χ3v) is 4.70. The van der Waals surface area contributed by atoms with Crippen molar-refractivity contribution in [2.45, 2.75) is 26.3 Å². The van der Waals surface area contributed by atoms with E-state index >= 15 is 0 Å². The Hall–Kier alpha value is -2.74. The predicted octanol–water partition coefficient (Wildman–Crippen LogP) is 0.606. The number of fused-ring (bicyclic) bond motifs is 1. The lowest BCUT2D eigenvalue weighted by Crippen LogP contribution is -2.53. The number of hydrogen-bond donors (Lipinski definition) is 1. The summed E-state index contributed by atoms with van der Waals surface area (Å²) in [6, 6.07) is 7.04. The highest BCUT2D eigenvalue weighted by atomic mass is 16.2. The highest BCUT2D eigenvalue weighted by Crippen LogP contribution is 2.16. The molecule has 1 aliphatic rings. The lowest BCUT2D eigenvalue weighted by molar-refractivity contribution is -0.124. The van der Waals surface area contributed by atoms with Gasteiger partial charge in [0.1, 0.15) is 0 Å². The van der Waals surface area contributed by atoms with Crippen molar-refractivity contribution in [3.63, 3.8) is 0 Å². The lowest BCUT2D eigenvalue weighted by atomic mass is 10.1. The molecule has 0 atom stereocenters. The second-order valence-electron chi connectivity index (χ2n) is 8.19. The number of nitrogens with zero attached hydrogens (tertiary/aromatic N) is 4. The summed E-state index contributed by atoms with van der Waals surface area (Å²) >= 11 is 0. The van der Waals surface area contributed by atoms with Gasteiger partial charge < -0.3 is 10.2 Å². The van der Waals surface area contributed by atoms with E-state index in [0.717, 1.165) is 0 Å². The molecule has 1 N–H and O–H groups in total. The van der Waals surface area contributed by atoms with E-state index in [2.05, 4.69) is 10.4 Å². The molecule has 0 unspecified atom stereocenters. The summed E-state index contributed by atoms with van der Waals surface area (Å²) in [4.78, 5) is 41.2. The molecule has 28 heavy (non-hydrogen) atoms. The minimum atomic E-state index is -0.259. The molecule has 1 aliphatic heterocycles. The Labute approximate surface area is 164 Å². The molecule has 2 aromatic rings. The number of aryl methyl sites for hydroxylation is 1. The fourth-order valence-electron chi connectivity index (χ4n) is 3.38. The number of nitrogens with one attached hydrogen (secondary N) is 1. The molecule has 150 valence electrons. The molecule has 2 heterocycles. The van der Waals surface area contributed by atoms with Crippen molar-refractivity contribution in [1.82, 2.24) is 24.9 Å². The predicted molar refractivity (Wildman–Crippen MR) is 107 cm³/mol. The Morgan fingerprint density at radius 2 is 1.68 bits per heavy atom. The summed E-state index contributed by atoms with van der Waals surface area (Å²) in [5, 5.41) is 8.23. The lowest BCUT2D eigenvalue weighted by Gasteiger charge is -2.34. The Morgan fingerprint density at radius 1 is 1.07 bits per heavy atom. The zero-order valence-electron chi connectivity index (χ0n) is 16.9. The molecule has 0 saturated carbocycles. The molecule has 1 aromatic heterocycles. The molecule has 1 aromatic carbocycles. The Morgan fingerprint density at radius 3 is 2.29 bits per heavy atom. The maximum atomic E-state index is 13.0. The van der Waals surface area contributed by atoms with Crippen molar-refractivity contribution in [3.8, 4) is 0 Å². The van der Waals surface area contributed by atoms with Gasteiger partial charge in [-0.05, 0) is 26.8 Å². The summed E-state index contributed by atoms with van der Waals surface area (Å²) in [6.45, 7) is 8.44. The molecule has 8 nitrogen and oxygen atoms in total. The maximum Gasteiger partial charge on any atom is 0.275 e. The van der Waals surface area contributed by atoms with Crippen LogP contribution in [-0.4, -0.2) is 69.7 Å². The van der Waals surface area contributed by atoms with E-state index in [-0.39, 0.29) is 28.6 Å². The first-order valence-corrected chi connectivity index (χ1v) is 9.44. The zero-order chi connectivity index (χ0) is 20.5. The average molecular weight is 385 g/mol. The first-order chi connectivity index (χ1) is 13.2. The van der Waals surface area contributed by atoms with Crippen LogP contribution in [0.5, 0.6) is 0 Å². The minimum absolute atomic E-state index is 0.0157. The largest absolute Gasteiger partial charge is 0.350 e. The van der Waals surface area contributed by atoms with E-state index in [9.17, 15) is 14.4 Å². The number of hydrogen-bond acceptors (Lipinski definition) is 5. The fraction of sp³-hybridized carbons (Fsp3) is 0.500. The van der Waals surface area contributed by atoms with Crippen molar-refractivity contribution >= 4 is 22.6 Å². The molecule has 1 fully saturated rings. The van der Waals surface area contributed by atoms with Gasteiger partial charge in [0.2, 0.25) is 5.91 Å². The van der Waals surface area contributed by atoms with E-state index in [1.807, 2.05) is 25.7 Å². The van der Waals surface area contributed by atoms with E-state index in [1.54, 1.807) is 36.2 Å². The van der Waals surface area contributed by atoms with E-state index in [1.165, 1.54) is 4.68 Å². The Balaban J connectivity index is 1.70. The molecule has 8 heteroatoms. The van der Waals surface area contributed by atoms with Gasteiger partial charge in [0.05, 0.1) is 11.9 Å². The van der Waals surface area contributed by atoms with Gasteiger partial charge in [0.25, 0.3) is 11.5 Å². The van der Waals surface area contributed by atoms with Crippen molar-refractivity contribution in [1.29, 1.82) is 0 Å². The number of amides is 2. The van der Waals surface area contributed by atoms with Crippen molar-refractivity contribution in [2.75, 3.05) is 32.7 Å². The molecule has 1 saturated heterocycles. The molecular weight excluding hydrogens is 358 g/mol. The topological polar surface area (TPSA) is 87.5 Å². The summed E-state index contributed by atoms with van der Waals surface area (Å²) in [6.07, 6.45) is 0. The number of benzene rings is 1. The third-order valence-electron chi connectivity index (χ3n) is 4.70. The second-order valence-corrected chi connectivity index (χ2v) is 8.19. The normalized spacial score (nSPS) is 15.6. The summed E-state index contributed by atoms with van der Waals surface area (Å²) in [5.41, 5.74) is -0.191. The summed E-state index contributed by atoms with van der Waals surface area (Å²) in [7, 11) is 1.55. The van der Waals surface area contributed by atoms with Crippen LogP contribution in [0.3, 0.4) is 0 Å². The van der Waals surface area contributed by atoms with Crippen molar-refractivity contribution in [3.05, 3.63) is 40.3 Å². The third kappa shape index (κ3) is 4.39. The van der Waals surface area contributed by atoms with Crippen LogP contribution in [0.25, 0.3) is 10.8 Å². The molecule has 2 amide bonds. The fourth-order valence-corrected chi connectivity index (χ4v) is 3.38. The van der Waals surface area contributed by atoms with Gasteiger partial charge in [-0.1, -0.05) is 18.2 Å². The SMILES string of the molecule is Cn1nc(C(=O)N2CCN(CC(=O)NC(C)(C)C)CC2)c2ccccc2c1=O. The smallest absolute Gasteiger partial charge is 0.275 e. The molecule has 0 radical (unpaired) electrons. The quantitative estimate of drug-likeness (QED) is 0.836. The van der Waals surface area contributed by atoms with Crippen LogP contribution in [0.1, 0.15) is 31.3 Å². The van der Waals surface area contributed by atoms with Crippen LogP contribution in [-0.2, 0) is 11.8 Å². The number of piperazine rings is 1. The van der Waals surface area contributed by atoms with Gasteiger partial charge in [-0.2, -0.15) is 5.10 Å². The van der Waals surface area contributed by atoms with Gasteiger partial charge in [-0.25, -0.2) is 4.68 Å². The first kappa shape index (κ1) is 20.0. The number of rotatable bonds is 3. The molecular formula is C20H27N5O3.